The van der Waals surface area contributed by atoms with E-state index in [0.29, 0.717) is 36.8 Å². The molecule has 1 aliphatic heterocycles. The molecule has 9 heteroatoms. The summed E-state index contributed by atoms with van der Waals surface area (Å²) in [7, 11) is 0. The SMILES string of the molecule is NCc1cccc(Oc2ccccc2N(Cc2ccc(-c3ccc(F)cc3)cc2)C(=O)CCC(=O)NN2CCN(c3ccccc3)CC2)c1. The Bertz CT molecular complexity index is 1840. The third-order valence-corrected chi connectivity index (χ3v) is 8.54. The molecule has 0 aromatic heterocycles. The first-order valence-corrected chi connectivity index (χ1v) is 16.5. The fourth-order valence-corrected chi connectivity index (χ4v) is 5.87. The van der Waals surface area contributed by atoms with E-state index in [-0.39, 0.29) is 37.0 Å². The number of rotatable bonds is 12. The molecule has 0 unspecified atom stereocenters. The second-order valence-corrected chi connectivity index (χ2v) is 11.9. The number of piperazine rings is 1. The molecule has 1 aliphatic rings. The van der Waals surface area contributed by atoms with Gasteiger partial charge in [0, 0.05) is 51.3 Å². The van der Waals surface area contributed by atoms with Gasteiger partial charge in [0.1, 0.15) is 11.6 Å². The fraction of sp³-hybridized carbons (Fsp3) is 0.200. The number of hydrazine groups is 1. The van der Waals surface area contributed by atoms with Crippen molar-refractivity contribution in [3.05, 3.63) is 144 Å². The molecule has 250 valence electrons. The minimum atomic E-state index is -0.288. The first-order valence-electron chi connectivity index (χ1n) is 16.5. The first kappa shape index (κ1) is 33.4. The van der Waals surface area contributed by atoms with Crippen molar-refractivity contribution < 1.29 is 18.7 Å². The van der Waals surface area contributed by atoms with Crippen molar-refractivity contribution in [1.29, 1.82) is 0 Å². The quantitative estimate of drug-likeness (QED) is 0.152. The standard InChI is InChI=1S/C40H40FN5O3/c41-34-19-17-33(18-20-34)32-15-13-30(14-16-32)29-46(37-11-4-5-12-38(37)49-36-10-6-7-31(27-36)28-42)40(48)22-21-39(47)43-45-25-23-44(24-26-45)35-8-2-1-3-9-35/h1-20,27H,21-26,28-29,42H2,(H,43,47). The zero-order valence-corrected chi connectivity index (χ0v) is 27.3. The number of carbonyl (C=O) groups is 2. The van der Waals surface area contributed by atoms with Gasteiger partial charge >= 0.3 is 0 Å². The number of nitrogens with zero attached hydrogens (tertiary/aromatic N) is 3. The summed E-state index contributed by atoms with van der Waals surface area (Å²) in [5, 5.41) is 1.92. The summed E-state index contributed by atoms with van der Waals surface area (Å²) in [6.45, 7) is 3.59. The molecule has 5 aromatic carbocycles. The van der Waals surface area contributed by atoms with Crippen LogP contribution in [0, 0.1) is 5.82 Å². The lowest BCUT2D eigenvalue weighted by Gasteiger charge is -2.36. The van der Waals surface area contributed by atoms with E-state index in [1.54, 1.807) is 17.0 Å². The molecule has 0 spiro atoms. The van der Waals surface area contributed by atoms with Crippen molar-refractivity contribution in [1.82, 2.24) is 10.4 Å². The number of benzene rings is 5. The minimum Gasteiger partial charge on any atom is -0.455 e. The molecule has 8 nitrogen and oxygen atoms in total. The molecule has 6 rings (SSSR count). The van der Waals surface area contributed by atoms with Crippen molar-refractivity contribution in [2.24, 2.45) is 5.73 Å². The number of carbonyl (C=O) groups excluding carboxylic acids is 2. The summed E-state index contributed by atoms with van der Waals surface area (Å²) < 4.78 is 19.8. The van der Waals surface area contributed by atoms with Crippen LogP contribution in [0.3, 0.4) is 0 Å². The van der Waals surface area contributed by atoms with Gasteiger partial charge in [-0.2, -0.15) is 0 Å². The van der Waals surface area contributed by atoms with Gasteiger partial charge in [0.15, 0.2) is 5.75 Å². The first-order chi connectivity index (χ1) is 23.9. The molecular weight excluding hydrogens is 617 g/mol. The summed E-state index contributed by atoms with van der Waals surface area (Å²) in [5.41, 5.74) is 14.3. The van der Waals surface area contributed by atoms with Crippen molar-refractivity contribution in [3.63, 3.8) is 0 Å². The highest BCUT2D eigenvalue weighted by Gasteiger charge is 2.23. The lowest BCUT2D eigenvalue weighted by Crippen LogP contribution is -2.53. The van der Waals surface area contributed by atoms with Crippen LogP contribution in [0.4, 0.5) is 15.8 Å². The predicted molar refractivity (Wildman–Crippen MR) is 191 cm³/mol. The van der Waals surface area contributed by atoms with Crippen LogP contribution in [-0.4, -0.2) is 43.0 Å². The monoisotopic (exact) mass is 657 g/mol. The molecule has 1 heterocycles. The molecule has 0 radical (unpaired) electrons. The van der Waals surface area contributed by atoms with Gasteiger partial charge in [0.2, 0.25) is 11.8 Å². The van der Waals surface area contributed by atoms with Crippen LogP contribution in [0.2, 0.25) is 0 Å². The molecule has 2 amide bonds. The number of nitrogens with one attached hydrogen (secondary N) is 1. The van der Waals surface area contributed by atoms with Crippen LogP contribution in [-0.2, 0) is 22.7 Å². The lowest BCUT2D eigenvalue weighted by atomic mass is 10.0. The Kier molecular flexibility index (Phi) is 10.9. The Morgan fingerprint density at radius 2 is 1.41 bits per heavy atom. The summed E-state index contributed by atoms with van der Waals surface area (Å²) in [6, 6.07) is 39.3. The molecule has 1 saturated heterocycles. The molecular formula is C40H40FN5O3. The van der Waals surface area contributed by atoms with Gasteiger partial charge in [0.05, 0.1) is 12.2 Å². The average molecular weight is 658 g/mol. The van der Waals surface area contributed by atoms with Gasteiger partial charge in [-0.15, -0.1) is 0 Å². The molecule has 49 heavy (non-hydrogen) atoms. The van der Waals surface area contributed by atoms with Crippen molar-refractivity contribution in [2.45, 2.75) is 25.9 Å². The number of anilines is 2. The van der Waals surface area contributed by atoms with Gasteiger partial charge in [-0.3, -0.25) is 15.0 Å². The molecule has 0 aliphatic carbocycles. The second-order valence-electron chi connectivity index (χ2n) is 11.9. The molecule has 0 saturated carbocycles. The molecule has 0 bridgehead atoms. The van der Waals surface area contributed by atoms with Gasteiger partial charge in [0.25, 0.3) is 0 Å². The smallest absolute Gasteiger partial charge is 0.234 e. The summed E-state index contributed by atoms with van der Waals surface area (Å²) in [4.78, 5) is 31.0. The highest BCUT2D eigenvalue weighted by molar-refractivity contribution is 5.96. The Hall–Kier alpha value is -5.51. The summed E-state index contributed by atoms with van der Waals surface area (Å²) >= 11 is 0. The number of para-hydroxylation sites is 3. The van der Waals surface area contributed by atoms with Crippen LogP contribution in [0.1, 0.15) is 24.0 Å². The normalized spacial score (nSPS) is 13.1. The number of ether oxygens (including phenoxy) is 1. The Labute approximate surface area is 286 Å². The van der Waals surface area contributed by atoms with E-state index in [9.17, 15) is 14.0 Å². The number of hydrogen-bond donors (Lipinski definition) is 2. The van der Waals surface area contributed by atoms with E-state index in [4.69, 9.17) is 10.5 Å². The third kappa shape index (κ3) is 8.90. The van der Waals surface area contributed by atoms with Crippen LogP contribution in [0.5, 0.6) is 11.5 Å². The van der Waals surface area contributed by atoms with Crippen LogP contribution in [0.15, 0.2) is 127 Å². The second kappa shape index (κ2) is 16.1. The predicted octanol–water partition coefficient (Wildman–Crippen LogP) is 6.91. The highest BCUT2D eigenvalue weighted by atomic mass is 19.1. The van der Waals surface area contributed by atoms with E-state index < -0.39 is 0 Å². The molecule has 1 fully saturated rings. The largest absolute Gasteiger partial charge is 0.455 e. The third-order valence-electron chi connectivity index (χ3n) is 8.54. The van der Waals surface area contributed by atoms with Crippen LogP contribution < -0.4 is 25.7 Å². The van der Waals surface area contributed by atoms with Gasteiger partial charge in [-0.05, 0) is 70.8 Å². The van der Waals surface area contributed by atoms with Crippen LogP contribution in [0.25, 0.3) is 11.1 Å². The molecule has 3 N–H and O–H groups in total. The van der Waals surface area contributed by atoms with Crippen molar-refractivity contribution in [2.75, 3.05) is 36.0 Å². The summed E-state index contributed by atoms with van der Waals surface area (Å²) in [6.07, 6.45) is 0.0553. The minimum absolute atomic E-state index is 0.0144. The van der Waals surface area contributed by atoms with E-state index in [1.807, 2.05) is 96.0 Å². The number of nitrogens with two attached hydrogens (primary N) is 1. The Balaban J connectivity index is 1.16. The van der Waals surface area contributed by atoms with Crippen molar-refractivity contribution in [3.8, 4) is 22.6 Å². The van der Waals surface area contributed by atoms with E-state index in [1.165, 1.54) is 17.8 Å². The maximum absolute atomic E-state index is 14.0. The topological polar surface area (TPSA) is 91.1 Å². The number of halogens is 1. The lowest BCUT2D eigenvalue weighted by molar-refractivity contribution is -0.128. The fourth-order valence-electron chi connectivity index (χ4n) is 5.87. The zero-order valence-electron chi connectivity index (χ0n) is 27.3. The van der Waals surface area contributed by atoms with Gasteiger partial charge in [-0.25, -0.2) is 9.40 Å². The van der Waals surface area contributed by atoms with Crippen molar-refractivity contribution >= 4 is 23.2 Å². The van der Waals surface area contributed by atoms with Gasteiger partial charge in [-0.1, -0.05) is 78.9 Å². The molecule has 5 aromatic rings. The van der Waals surface area contributed by atoms with Crippen LogP contribution >= 0.6 is 0 Å². The maximum atomic E-state index is 14.0. The summed E-state index contributed by atoms with van der Waals surface area (Å²) in [5.74, 6) is 0.419. The van der Waals surface area contributed by atoms with Gasteiger partial charge < -0.3 is 20.3 Å². The Morgan fingerprint density at radius 1 is 0.735 bits per heavy atom. The van der Waals surface area contributed by atoms with E-state index >= 15 is 0 Å². The van der Waals surface area contributed by atoms with E-state index in [0.717, 1.165) is 35.3 Å². The average Bonchev–Trinajstić information content (AvgIpc) is 3.14. The number of amides is 2. The Morgan fingerprint density at radius 3 is 2.12 bits per heavy atom. The molecule has 0 atom stereocenters. The maximum Gasteiger partial charge on any atom is 0.234 e. The highest BCUT2D eigenvalue weighted by Crippen LogP contribution is 2.34. The van der Waals surface area contributed by atoms with E-state index in [2.05, 4.69) is 22.5 Å². The zero-order chi connectivity index (χ0) is 34.0. The number of hydrogen-bond acceptors (Lipinski definition) is 6.